The fraction of sp³-hybridized carbons (Fsp3) is 0.481. The van der Waals surface area contributed by atoms with E-state index in [1.165, 1.54) is 23.1 Å². The summed E-state index contributed by atoms with van der Waals surface area (Å²) >= 11 is 12.3. The Bertz CT molecular complexity index is 1280. The molecule has 2 aromatic carbocycles. The maximum Gasteiger partial charge on any atom is 0.280 e. The Morgan fingerprint density at radius 2 is 1.79 bits per heavy atom. The Balaban J connectivity index is 1.79. The number of alkyl halides is 1. The van der Waals surface area contributed by atoms with Gasteiger partial charge in [0.15, 0.2) is 0 Å². The second kappa shape index (κ2) is 13.4. The molecule has 39 heavy (non-hydrogen) atoms. The van der Waals surface area contributed by atoms with Crippen molar-refractivity contribution in [3.05, 3.63) is 64.9 Å². The zero-order valence-electron chi connectivity index (χ0n) is 21.5. The van der Waals surface area contributed by atoms with Crippen molar-refractivity contribution in [2.75, 3.05) is 23.9 Å². The first kappa shape index (κ1) is 29.7. The highest BCUT2D eigenvalue weighted by atomic mass is 35.5. The number of rotatable bonds is 10. The number of nitrogens with zero attached hydrogens (tertiary/aromatic N) is 2. The van der Waals surface area contributed by atoms with Crippen molar-refractivity contribution in [2.45, 2.75) is 63.1 Å². The summed E-state index contributed by atoms with van der Waals surface area (Å²) < 4.78 is 44.1. The van der Waals surface area contributed by atoms with E-state index in [0.29, 0.717) is 12.0 Å². The second-order valence-corrected chi connectivity index (χ2v) is 12.3. The van der Waals surface area contributed by atoms with Gasteiger partial charge >= 0.3 is 0 Å². The van der Waals surface area contributed by atoms with Crippen molar-refractivity contribution in [2.24, 2.45) is 0 Å². The Hall–Kier alpha value is -2.24. The van der Waals surface area contributed by atoms with Crippen LogP contribution in [0.3, 0.4) is 0 Å². The number of hydrogen-bond acceptors (Lipinski definition) is 4. The summed E-state index contributed by atoms with van der Waals surface area (Å²) in [6, 6.07) is 9.64. The Labute approximate surface area is 239 Å². The van der Waals surface area contributed by atoms with Crippen LogP contribution in [0.2, 0.25) is 5.02 Å². The number of nitrogens with one attached hydrogen (secondary N) is 2. The lowest BCUT2D eigenvalue weighted by Gasteiger charge is -2.36. The van der Waals surface area contributed by atoms with E-state index in [4.69, 9.17) is 23.2 Å². The molecule has 0 radical (unpaired) electrons. The van der Waals surface area contributed by atoms with Crippen molar-refractivity contribution < 1.29 is 22.4 Å². The van der Waals surface area contributed by atoms with Crippen LogP contribution < -0.4 is 14.9 Å². The average Bonchev–Trinajstić information content (AvgIpc) is 3.43. The number of hydrogen-bond donors (Lipinski definition) is 2. The highest BCUT2D eigenvalue weighted by Gasteiger charge is 2.44. The quantitative estimate of drug-likeness (QED) is 0.392. The van der Waals surface area contributed by atoms with Gasteiger partial charge in [0.05, 0.1) is 0 Å². The third kappa shape index (κ3) is 7.10. The summed E-state index contributed by atoms with van der Waals surface area (Å²) in [4.78, 5) is 29.5. The van der Waals surface area contributed by atoms with E-state index < -0.39 is 39.9 Å². The van der Waals surface area contributed by atoms with Gasteiger partial charge in [-0.25, -0.2) is 9.11 Å². The molecule has 2 aliphatic rings. The van der Waals surface area contributed by atoms with Gasteiger partial charge in [-0.3, -0.25) is 14.5 Å². The first-order valence-electron chi connectivity index (χ1n) is 13.2. The molecule has 1 aliphatic carbocycles. The zero-order valence-corrected chi connectivity index (χ0v) is 23.8. The van der Waals surface area contributed by atoms with Gasteiger partial charge in [-0.2, -0.15) is 12.7 Å². The van der Waals surface area contributed by atoms with Crippen LogP contribution in [0.1, 0.15) is 56.6 Å². The lowest BCUT2D eigenvalue weighted by Crippen LogP contribution is -2.54. The van der Waals surface area contributed by atoms with E-state index in [9.17, 15) is 22.4 Å². The molecule has 2 aromatic rings. The van der Waals surface area contributed by atoms with E-state index >= 15 is 0 Å². The van der Waals surface area contributed by atoms with E-state index in [0.717, 1.165) is 42.5 Å². The summed E-state index contributed by atoms with van der Waals surface area (Å²) in [5, 5.41) is 3.34. The predicted octanol–water partition coefficient (Wildman–Crippen LogP) is 4.54. The smallest absolute Gasteiger partial charge is 0.280 e. The lowest BCUT2D eigenvalue weighted by molar-refractivity contribution is -0.128. The van der Waals surface area contributed by atoms with Crippen molar-refractivity contribution in [1.29, 1.82) is 0 Å². The predicted molar refractivity (Wildman–Crippen MR) is 150 cm³/mol. The van der Waals surface area contributed by atoms with Crippen LogP contribution in [-0.2, 0) is 19.8 Å². The highest BCUT2D eigenvalue weighted by molar-refractivity contribution is 7.87. The molecule has 1 aliphatic heterocycles. The van der Waals surface area contributed by atoms with Crippen LogP contribution >= 0.6 is 23.2 Å². The maximum atomic E-state index is 14.5. The summed E-state index contributed by atoms with van der Waals surface area (Å²) in [5.74, 6) is -1.63. The van der Waals surface area contributed by atoms with Gasteiger partial charge in [-0.15, -0.1) is 11.6 Å². The minimum absolute atomic E-state index is 0.000945. The summed E-state index contributed by atoms with van der Waals surface area (Å²) in [7, 11) is -4.03. The highest BCUT2D eigenvalue weighted by Crippen LogP contribution is 2.35. The van der Waals surface area contributed by atoms with Crippen LogP contribution in [0, 0.1) is 5.82 Å². The van der Waals surface area contributed by atoms with Crippen LogP contribution in [0.25, 0.3) is 0 Å². The number of benzene rings is 2. The minimum Gasteiger partial charge on any atom is -0.351 e. The first-order chi connectivity index (χ1) is 18.7. The molecule has 2 N–H and O–H groups in total. The molecule has 8 nitrogen and oxygen atoms in total. The van der Waals surface area contributed by atoms with Crippen molar-refractivity contribution >= 4 is 50.9 Å². The topological polar surface area (TPSA) is 98.8 Å². The maximum absolute atomic E-state index is 14.5. The Morgan fingerprint density at radius 1 is 1.05 bits per heavy atom. The molecule has 4 rings (SSSR count). The number of halogens is 3. The van der Waals surface area contributed by atoms with E-state index in [1.54, 1.807) is 24.3 Å². The molecule has 0 unspecified atom stereocenters. The molecule has 212 valence electrons. The molecule has 1 saturated heterocycles. The van der Waals surface area contributed by atoms with Crippen molar-refractivity contribution in [3.63, 3.8) is 0 Å². The van der Waals surface area contributed by atoms with E-state index in [2.05, 4.69) is 10.0 Å². The van der Waals surface area contributed by atoms with Gasteiger partial charge in [-0.05, 0) is 49.9 Å². The largest absolute Gasteiger partial charge is 0.351 e. The molecule has 0 bridgehead atoms. The molecule has 0 spiro atoms. The summed E-state index contributed by atoms with van der Waals surface area (Å²) in [6.07, 6.45) is 5.38. The van der Waals surface area contributed by atoms with E-state index in [1.807, 2.05) is 0 Å². The second-order valence-electron chi connectivity index (χ2n) is 9.81. The number of amides is 2. The molecule has 0 aromatic heterocycles. The minimum atomic E-state index is -4.03. The zero-order chi connectivity index (χ0) is 28.0. The van der Waals surface area contributed by atoms with Crippen LogP contribution in [-0.4, -0.2) is 55.6 Å². The summed E-state index contributed by atoms with van der Waals surface area (Å²) in [5.41, 5.74) is 0.486. The van der Waals surface area contributed by atoms with Gasteiger partial charge < -0.3 is 5.32 Å². The van der Waals surface area contributed by atoms with Gasteiger partial charge in [0, 0.05) is 41.3 Å². The van der Waals surface area contributed by atoms with Crippen molar-refractivity contribution in [1.82, 2.24) is 14.3 Å². The summed E-state index contributed by atoms with van der Waals surface area (Å²) in [6.45, 7) is 0.122. The Kier molecular flexibility index (Phi) is 10.2. The van der Waals surface area contributed by atoms with E-state index in [-0.39, 0.29) is 42.1 Å². The van der Waals surface area contributed by atoms with Gasteiger partial charge in [0.1, 0.15) is 17.9 Å². The third-order valence-electron chi connectivity index (χ3n) is 7.16. The fourth-order valence-corrected chi connectivity index (χ4v) is 7.21. The number of carbonyl (C=O) groups is 2. The molecular formula is C27H33Cl2FN4O4S. The molecule has 1 heterocycles. The molecule has 2 atom stereocenters. The van der Waals surface area contributed by atoms with Crippen LogP contribution in [0.4, 0.5) is 10.1 Å². The Morgan fingerprint density at radius 3 is 2.49 bits per heavy atom. The first-order valence-corrected chi connectivity index (χ1v) is 15.5. The lowest BCUT2D eigenvalue weighted by atomic mass is 9.94. The number of carbonyl (C=O) groups excluding carboxylic acids is 2. The van der Waals surface area contributed by atoms with Crippen molar-refractivity contribution in [3.8, 4) is 0 Å². The van der Waals surface area contributed by atoms with Gasteiger partial charge in [0.25, 0.3) is 10.2 Å². The number of anilines is 1. The fourth-order valence-electron chi connectivity index (χ4n) is 5.34. The monoisotopic (exact) mass is 598 g/mol. The molecule has 2 amide bonds. The van der Waals surface area contributed by atoms with Crippen LogP contribution in [0.15, 0.2) is 48.5 Å². The normalized spacial score (nSPS) is 19.5. The SMILES string of the molecule is O=C(NC1CCCCC1)[C@@H](c1ccccc1Cl)N(C(=O)[C@@H]1CCCN1S(=O)(=O)NCCCl)c1cccc(F)c1. The van der Waals surface area contributed by atoms with Gasteiger partial charge in [-0.1, -0.05) is 55.1 Å². The third-order valence-corrected chi connectivity index (χ3v) is 9.31. The average molecular weight is 600 g/mol. The van der Waals surface area contributed by atoms with Gasteiger partial charge in [0.2, 0.25) is 11.8 Å². The van der Waals surface area contributed by atoms with Crippen LogP contribution in [0.5, 0.6) is 0 Å². The molecule has 1 saturated carbocycles. The molecular weight excluding hydrogens is 566 g/mol. The molecule has 12 heteroatoms. The molecule has 2 fully saturated rings. The standard InChI is InChI=1S/C27H33Cl2FN4O4S/c28-15-16-31-39(37,38)33-17-7-14-24(33)27(36)34(21-11-6-8-19(30)18-21)25(22-12-4-5-13-23(22)29)26(35)32-20-9-2-1-3-10-20/h4-6,8,11-13,18,20,24-25,31H,1-3,7,9-10,14-17H2,(H,32,35)/t24-,25+/m0/s1.